The number of carboxylic acid groups (broad SMARTS) is 1. The highest BCUT2D eigenvalue weighted by molar-refractivity contribution is 5.81. The summed E-state index contributed by atoms with van der Waals surface area (Å²) in [4.78, 5) is 22.4. The van der Waals surface area contributed by atoms with E-state index in [4.69, 9.17) is 5.11 Å². The third-order valence-electron chi connectivity index (χ3n) is 3.74. The molecule has 0 aliphatic carbocycles. The number of hydrogen-bond acceptors (Lipinski definition) is 3. The standard InChI is InChI=1S/C14H26N2O3/c1-14(2,7-6-12(17)18)8-10-16-13(19)11-5-3-4-9-15-11/h11,15H,3-10H2,1-2H3,(H,16,19)(H,17,18)/t11-/m0/s1. The molecular weight excluding hydrogens is 244 g/mol. The minimum Gasteiger partial charge on any atom is -0.481 e. The van der Waals surface area contributed by atoms with E-state index in [9.17, 15) is 9.59 Å². The van der Waals surface area contributed by atoms with Crippen LogP contribution in [0.4, 0.5) is 0 Å². The SMILES string of the molecule is CC(C)(CCNC(=O)[C@@H]1CCCCN1)CCC(=O)O. The van der Waals surface area contributed by atoms with Crippen LogP contribution in [0, 0.1) is 5.41 Å². The zero-order valence-corrected chi connectivity index (χ0v) is 12.0. The van der Waals surface area contributed by atoms with Gasteiger partial charge < -0.3 is 15.7 Å². The van der Waals surface area contributed by atoms with Crippen LogP contribution in [0.3, 0.4) is 0 Å². The third-order valence-corrected chi connectivity index (χ3v) is 3.74. The van der Waals surface area contributed by atoms with Crippen LogP contribution in [0.15, 0.2) is 0 Å². The Bertz CT molecular complexity index is 310. The molecule has 1 amide bonds. The molecule has 1 saturated heterocycles. The maximum atomic E-state index is 11.9. The number of amides is 1. The summed E-state index contributed by atoms with van der Waals surface area (Å²) in [6.45, 7) is 5.62. The second kappa shape index (κ2) is 7.48. The molecule has 0 radical (unpaired) electrons. The molecule has 1 aliphatic rings. The molecule has 1 heterocycles. The van der Waals surface area contributed by atoms with Gasteiger partial charge in [-0.1, -0.05) is 20.3 Å². The second-order valence-electron chi connectivity index (χ2n) is 6.10. The van der Waals surface area contributed by atoms with Gasteiger partial charge in [0.15, 0.2) is 0 Å². The van der Waals surface area contributed by atoms with E-state index in [0.717, 1.165) is 32.2 Å². The van der Waals surface area contributed by atoms with Crippen LogP contribution in [-0.4, -0.2) is 36.1 Å². The molecule has 0 saturated carbocycles. The van der Waals surface area contributed by atoms with Crippen molar-refractivity contribution in [2.75, 3.05) is 13.1 Å². The van der Waals surface area contributed by atoms with Crippen molar-refractivity contribution >= 4 is 11.9 Å². The molecule has 1 atom stereocenters. The number of carbonyl (C=O) groups excluding carboxylic acids is 1. The molecular formula is C14H26N2O3. The van der Waals surface area contributed by atoms with Gasteiger partial charge in [0, 0.05) is 13.0 Å². The Balaban J connectivity index is 2.20. The molecule has 0 bridgehead atoms. The van der Waals surface area contributed by atoms with Crippen molar-refractivity contribution in [2.45, 2.75) is 58.4 Å². The van der Waals surface area contributed by atoms with Gasteiger partial charge >= 0.3 is 5.97 Å². The molecule has 110 valence electrons. The maximum Gasteiger partial charge on any atom is 0.303 e. The first kappa shape index (κ1) is 16.0. The summed E-state index contributed by atoms with van der Waals surface area (Å²) in [6.07, 6.45) is 4.79. The molecule has 0 aromatic rings. The lowest BCUT2D eigenvalue weighted by Gasteiger charge is -2.26. The lowest BCUT2D eigenvalue weighted by molar-refractivity contribution is -0.137. The molecule has 19 heavy (non-hydrogen) atoms. The van der Waals surface area contributed by atoms with E-state index < -0.39 is 5.97 Å². The van der Waals surface area contributed by atoms with Crippen molar-refractivity contribution in [2.24, 2.45) is 5.41 Å². The van der Waals surface area contributed by atoms with Crippen molar-refractivity contribution in [3.05, 3.63) is 0 Å². The zero-order chi connectivity index (χ0) is 14.3. The summed E-state index contributed by atoms with van der Waals surface area (Å²) in [6, 6.07) is -0.0455. The van der Waals surface area contributed by atoms with Crippen LogP contribution >= 0.6 is 0 Å². The minimum atomic E-state index is -0.761. The average molecular weight is 270 g/mol. The molecule has 0 unspecified atom stereocenters. The van der Waals surface area contributed by atoms with Crippen molar-refractivity contribution in [3.63, 3.8) is 0 Å². The van der Waals surface area contributed by atoms with Gasteiger partial charge in [-0.3, -0.25) is 9.59 Å². The monoisotopic (exact) mass is 270 g/mol. The molecule has 5 nitrogen and oxygen atoms in total. The lowest BCUT2D eigenvalue weighted by Crippen LogP contribution is -2.47. The number of carboxylic acids is 1. The Morgan fingerprint density at radius 1 is 1.32 bits per heavy atom. The number of nitrogens with one attached hydrogen (secondary N) is 2. The fourth-order valence-electron chi connectivity index (χ4n) is 2.29. The highest BCUT2D eigenvalue weighted by Crippen LogP contribution is 2.26. The number of aliphatic carboxylic acids is 1. The van der Waals surface area contributed by atoms with E-state index in [1.54, 1.807) is 0 Å². The smallest absolute Gasteiger partial charge is 0.303 e. The maximum absolute atomic E-state index is 11.9. The van der Waals surface area contributed by atoms with Gasteiger partial charge in [-0.2, -0.15) is 0 Å². The second-order valence-corrected chi connectivity index (χ2v) is 6.10. The summed E-state index contributed by atoms with van der Waals surface area (Å²) in [5.41, 5.74) is -0.0499. The van der Waals surface area contributed by atoms with Gasteiger partial charge in [0.1, 0.15) is 0 Å². The summed E-state index contributed by atoms with van der Waals surface area (Å²) < 4.78 is 0. The first-order valence-corrected chi connectivity index (χ1v) is 7.14. The van der Waals surface area contributed by atoms with Crippen LogP contribution < -0.4 is 10.6 Å². The number of piperidine rings is 1. The Hall–Kier alpha value is -1.10. The molecule has 5 heteroatoms. The Labute approximate surface area is 115 Å². The first-order valence-electron chi connectivity index (χ1n) is 7.14. The van der Waals surface area contributed by atoms with Crippen LogP contribution in [0.1, 0.15) is 52.4 Å². The van der Waals surface area contributed by atoms with Crippen LogP contribution in [0.5, 0.6) is 0 Å². The largest absolute Gasteiger partial charge is 0.481 e. The van der Waals surface area contributed by atoms with Gasteiger partial charge in [0.2, 0.25) is 5.91 Å². The molecule has 1 aliphatic heterocycles. The third kappa shape index (κ3) is 6.57. The Morgan fingerprint density at radius 3 is 2.63 bits per heavy atom. The predicted octanol–water partition coefficient (Wildman–Crippen LogP) is 1.53. The lowest BCUT2D eigenvalue weighted by atomic mass is 9.84. The Kier molecular flexibility index (Phi) is 6.28. The Morgan fingerprint density at radius 2 is 2.05 bits per heavy atom. The summed E-state index contributed by atoms with van der Waals surface area (Å²) >= 11 is 0. The fourth-order valence-corrected chi connectivity index (χ4v) is 2.29. The van der Waals surface area contributed by atoms with E-state index in [-0.39, 0.29) is 23.8 Å². The van der Waals surface area contributed by atoms with Gasteiger partial charge in [-0.25, -0.2) is 0 Å². The molecule has 0 aromatic carbocycles. The normalized spacial score (nSPS) is 20.0. The quantitative estimate of drug-likeness (QED) is 0.655. The van der Waals surface area contributed by atoms with Crippen molar-refractivity contribution < 1.29 is 14.7 Å². The van der Waals surface area contributed by atoms with E-state index >= 15 is 0 Å². The van der Waals surface area contributed by atoms with E-state index in [0.29, 0.717) is 13.0 Å². The van der Waals surface area contributed by atoms with Gasteiger partial charge in [-0.15, -0.1) is 0 Å². The number of hydrogen-bond donors (Lipinski definition) is 3. The van der Waals surface area contributed by atoms with Crippen LogP contribution in [0.2, 0.25) is 0 Å². The highest BCUT2D eigenvalue weighted by atomic mass is 16.4. The molecule has 3 N–H and O–H groups in total. The summed E-state index contributed by atoms with van der Waals surface area (Å²) in [7, 11) is 0. The summed E-state index contributed by atoms with van der Waals surface area (Å²) in [5, 5.41) is 14.8. The fraction of sp³-hybridized carbons (Fsp3) is 0.857. The predicted molar refractivity (Wildman–Crippen MR) is 73.9 cm³/mol. The molecule has 1 rings (SSSR count). The minimum absolute atomic E-state index is 0.0455. The zero-order valence-electron chi connectivity index (χ0n) is 12.0. The van der Waals surface area contributed by atoms with Gasteiger partial charge in [0.25, 0.3) is 0 Å². The van der Waals surface area contributed by atoms with Crippen LogP contribution in [0.25, 0.3) is 0 Å². The van der Waals surface area contributed by atoms with Crippen molar-refractivity contribution in [1.82, 2.24) is 10.6 Å². The number of carbonyl (C=O) groups is 2. The average Bonchev–Trinajstić information content (AvgIpc) is 2.37. The van der Waals surface area contributed by atoms with E-state index in [2.05, 4.69) is 10.6 Å². The van der Waals surface area contributed by atoms with Crippen molar-refractivity contribution in [1.29, 1.82) is 0 Å². The summed E-state index contributed by atoms with van der Waals surface area (Å²) in [5.74, 6) is -0.683. The molecule has 0 aromatic heterocycles. The molecule has 1 fully saturated rings. The number of rotatable bonds is 7. The van der Waals surface area contributed by atoms with Crippen molar-refractivity contribution in [3.8, 4) is 0 Å². The van der Waals surface area contributed by atoms with Gasteiger partial charge in [0.05, 0.1) is 6.04 Å². The van der Waals surface area contributed by atoms with E-state index in [1.807, 2.05) is 13.8 Å². The molecule has 0 spiro atoms. The highest BCUT2D eigenvalue weighted by Gasteiger charge is 2.22. The first-order chi connectivity index (χ1) is 8.91. The van der Waals surface area contributed by atoms with Gasteiger partial charge in [-0.05, 0) is 37.6 Å². The van der Waals surface area contributed by atoms with E-state index in [1.165, 1.54) is 0 Å². The van der Waals surface area contributed by atoms with Crippen LogP contribution in [-0.2, 0) is 9.59 Å². The topological polar surface area (TPSA) is 78.4 Å².